The number of benzene rings is 1. The van der Waals surface area contributed by atoms with E-state index in [0.717, 1.165) is 11.4 Å². The lowest BCUT2D eigenvalue weighted by atomic mass is 10.3. The maximum Gasteiger partial charge on any atom is 0.244 e. The molecule has 0 radical (unpaired) electrons. The van der Waals surface area contributed by atoms with Gasteiger partial charge in [0.2, 0.25) is 5.95 Å². The Morgan fingerprint density at radius 3 is 2.70 bits per heavy atom. The van der Waals surface area contributed by atoms with Crippen LogP contribution < -0.4 is 15.4 Å². The van der Waals surface area contributed by atoms with Crippen molar-refractivity contribution in [1.29, 1.82) is 0 Å². The van der Waals surface area contributed by atoms with Gasteiger partial charge in [0.05, 0.1) is 24.8 Å². The second-order valence-corrected chi connectivity index (χ2v) is 7.49. The summed E-state index contributed by atoms with van der Waals surface area (Å²) in [5, 5.41) is 13.9. The van der Waals surface area contributed by atoms with Crippen LogP contribution >= 0.6 is 0 Å². The lowest BCUT2D eigenvalue weighted by Gasteiger charge is -2.11. The molecule has 1 aliphatic rings. The van der Waals surface area contributed by atoms with E-state index in [1.807, 2.05) is 24.3 Å². The van der Waals surface area contributed by atoms with E-state index in [9.17, 15) is 8.42 Å². The summed E-state index contributed by atoms with van der Waals surface area (Å²) in [6.45, 7) is 0. The number of hydrogen-bond acceptors (Lipinski definition) is 8. The Morgan fingerprint density at radius 2 is 2.04 bits per heavy atom. The summed E-state index contributed by atoms with van der Waals surface area (Å²) in [7, 11) is -1.34. The molecule has 1 aliphatic heterocycles. The van der Waals surface area contributed by atoms with Crippen molar-refractivity contribution in [1.82, 2.24) is 15.2 Å². The number of aromatic nitrogens is 3. The number of methoxy groups -OCH3 is 1. The second kappa shape index (κ2) is 6.37. The molecule has 0 saturated carbocycles. The number of anilines is 3. The van der Waals surface area contributed by atoms with E-state index in [2.05, 4.69) is 25.8 Å². The topological polar surface area (TPSA) is 106 Å². The largest absolute Gasteiger partial charge is 0.497 e. The van der Waals surface area contributed by atoms with E-state index in [4.69, 9.17) is 4.74 Å². The smallest absolute Gasteiger partial charge is 0.244 e. The summed E-state index contributed by atoms with van der Waals surface area (Å²) in [5.41, 5.74) is 0.834. The first kappa shape index (κ1) is 15.5. The van der Waals surface area contributed by atoms with Crippen molar-refractivity contribution in [2.75, 3.05) is 29.2 Å². The molecular formula is C14H17N5O3S. The zero-order chi connectivity index (χ0) is 16.3. The molecule has 122 valence electrons. The predicted octanol–water partition coefficient (Wildman–Crippen LogP) is 1.22. The van der Waals surface area contributed by atoms with Gasteiger partial charge in [0.25, 0.3) is 0 Å². The lowest BCUT2D eigenvalue weighted by Crippen LogP contribution is -2.22. The average Bonchev–Trinajstić information content (AvgIpc) is 2.87. The van der Waals surface area contributed by atoms with Crippen LogP contribution in [0.5, 0.6) is 5.75 Å². The van der Waals surface area contributed by atoms with Crippen LogP contribution in [-0.4, -0.2) is 48.3 Å². The summed E-state index contributed by atoms with van der Waals surface area (Å²) < 4.78 is 28.0. The minimum atomic E-state index is -2.95. The Hall–Kier alpha value is -2.42. The van der Waals surface area contributed by atoms with Crippen LogP contribution in [0.1, 0.15) is 6.42 Å². The number of ether oxygens (including phenoxy) is 1. The first-order valence-corrected chi connectivity index (χ1v) is 8.94. The van der Waals surface area contributed by atoms with Crippen LogP contribution in [-0.2, 0) is 9.84 Å². The number of rotatable bonds is 5. The molecule has 1 aromatic carbocycles. The first-order chi connectivity index (χ1) is 11.0. The molecule has 1 unspecified atom stereocenters. The third kappa shape index (κ3) is 4.07. The summed E-state index contributed by atoms with van der Waals surface area (Å²) in [4.78, 5) is 4.30. The van der Waals surface area contributed by atoms with Crippen LogP contribution in [0, 0.1) is 0 Å². The maximum atomic E-state index is 11.5. The summed E-state index contributed by atoms with van der Waals surface area (Å²) >= 11 is 0. The molecule has 1 aromatic heterocycles. The second-order valence-electron chi connectivity index (χ2n) is 5.26. The number of nitrogens with zero attached hydrogens (tertiary/aromatic N) is 3. The van der Waals surface area contributed by atoms with E-state index in [0.29, 0.717) is 18.2 Å². The van der Waals surface area contributed by atoms with Gasteiger partial charge in [-0.2, -0.15) is 10.1 Å². The molecule has 3 rings (SSSR count). The molecule has 1 saturated heterocycles. The van der Waals surface area contributed by atoms with Crippen molar-refractivity contribution in [2.24, 2.45) is 0 Å². The van der Waals surface area contributed by atoms with E-state index >= 15 is 0 Å². The molecule has 23 heavy (non-hydrogen) atoms. The van der Waals surface area contributed by atoms with E-state index in [-0.39, 0.29) is 17.5 Å². The number of nitrogens with one attached hydrogen (secondary N) is 2. The van der Waals surface area contributed by atoms with Crippen molar-refractivity contribution < 1.29 is 13.2 Å². The summed E-state index contributed by atoms with van der Waals surface area (Å²) in [6.07, 6.45) is 2.06. The first-order valence-electron chi connectivity index (χ1n) is 7.12. The van der Waals surface area contributed by atoms with E-state index < -0.39 is 9.84 Å². The van der Waals surface area contributed by atoms with Crippen molar-refractivity contribution >= 4 is 27.3 Å². The fraction of sp³-hybridized carbons (Fsp3) is 0.357. The monoisotopic (exact) mass is 335 g/mol. The summed E-state index contributed by atoms with van der Waals surface area (Å²) in [5.74, 6) is 1.90. The van der Waals surface area contributed by atoms with Crippen LogP contribution in [0.2, 0.25) is 0 Å². The van der Waals surface area contributed by atoms with Gasteiger partial charge in [-0.25, -0.2) is 8.42 Å². The van der Waals surface area contributed by atoms with Crippen LogP contribution in [0.4, 0.5) is 17.5 Å². The third-order valence-corrected chi connectivity index (χ3v) is 5.25. The highest BCUT2D eigenvalue weighted by atomic mass is 32.2. The molecule has 0 spiro atoms. The van der Waals surface area contributed by atoms with Gasteiger partial charge in [-0.3, -0.25) is 0 Å². The molecule has 9 heteroatoms. The minimum Gasteiger partial charge on any atom is -0.497 e. The Morgan fingerprint density at radius 1 is 1.26 bits per heavy atom. The molecule has 1 fully saturated rings. The quantitative estimate of drug-likeness (QED) is 0.840. The van der Waals surface area contributed by atoms with Gasteiger partial charge in [0.15, 0.2) is 15.7 Å². The zero-order valence-electron chi connectivity index (χ0n) is 12.6. The highest BCUT2D eigenvalue weighted by molar-refractivity contribution is 7.91. The van der Waals surface area contributed by atoms with Crippen LogP contribution in [0.15, 0.2) is 30.5 Å². The Balaban J connectivity index is 1.67. The van der Waals surface area contributed by atoms with Crippen molar-refractivity contribution in [3.63, 3.8) is 0 Å². The standard InChI is InChI=1S/C14H17N5O3S/c1-22-12-4-2-10(3-5-12)16-13-8-15-19-14(18-13)17-11-6-7-23(20,21)9-11/h2-5,8,11H,6-7,9H2,1H3,(H2,16,17,18,19). The molecule has 0 bridgehead atoms. The molecule has 0 aliphatic carbocycles. The molecule has 2 heterocycles. The number of hydrogen-bond donors (Lipinski definition) is 2. The lowest BCUT2D eigenvalue weighted by molar-refractivity contribution is 0.415. The molecule has 1 atom stereocenters. The van der Waals surface area contributed by atoms with Crippen molar-refractivity contribution in [3.8, 4) is 5.75 Å². The van der Waals surface area contributed by atoms with Crippen molar-refractivity contribution in [3.05, 3.63) is 30.5 Å². The summed E-state index contributed by atoms with van der Waals surface area (Å²) in [6, 6.07) is 7.21. The molecule has 8 nitrogen and oxygen atoms in total. The zero-order valence-corrected chi connectivity index (χ0v) is 13.4. The van der Waals surface area contributed by atoms with Crippen LogP contribution in [0.3, 0.4) is 0 Å². The van der Waals surface area contributed by atoms with Gasteiger partial charge in [0.1, 0.15) is 5.75 Å². The molecule has 2 aromatic rings. The number of sulfone groups is 1. The van der Waals surface area contributed by atoms with Gasteiger partial charge in [0, 0.05) is 11.7 Å². The van der Waals surface area contributed by atoms with Crippen LogP contribution in [0.25, 0.3) is 0 Å². The van der Waals surface area contributed by atoms with E-state index in [1.165, 1.54) is 6.20 Å². The van der Waals surface area contributed by atoms with Crippen molar-refractivity contribution in [2.45, 2.75) is 12.5 Å². The molecular weight excluding hydrogens is 318 g/mol. The van der Waals surface area contributed by atoms with Gasteiger partial charge in [-0.1, -0.05) is 0 Å². The molecule has 0 amide bonds. The predicted molar refractivity (Wildman–Crippen MR) is 86.8 cm³/mol. The average molecular weight is 335 g/mol. The van der Waals surface area contributed by atoms with E-state index in [1.54, 1.807) is 7.11 Å². The Bertz CT molecular complexity index is 779. The fourth-order valence-corrected chi connectivity index (χ4v) is 4.01. The Labute approximate surface area is 134 Å². The minimum absolute atomic E-state index is 0.104. The van der Waals surface area contributed by atoms with Gasteiger partial charge < -0.3 is 15.4 Å². The fourth-order valence-electron chi connectivity index (χ4n) is 2.34. The van der Waals surface area contributed by atoms with Gasteiger partial charge >= 0.3 is 0 Å². The van der Waals surface area contributed by atoms with Gasteiger partial charge in [-0.15, -0.1) is 5.10 Å². The highest BCUT2D eigenvalue weighted by Gasteiger charge is 2.28. The SMILES string of the molecule is COc1ccc(Nc2cnnc(NC3CCS(=O)(=O)C3)n2)cc1. The highest BCUT2D eigenvalue weighted by Crippen LogP contribution is 2.19. The normalized spacial score (nSPS) is 19.3. The van der Waals surface area contributed by atoms with Gasteiger partial charge in [-0.05, 0) is 30.7 Å². The molecule has 2 N–H and O–H groups in total. The maximum absolute atomic E-state index is 11.5. The third-order valence-electron chi connectivity index (χ3n) is 3.49. The Kier molecular flexibility index (Phi) is 4.28.